The van der Waals surface area contributed by atoms with Crippen molar-refractivity contribution in [2.24, 2.45) is 5.92 Å². The molecule has 0 atom stereocenters. The number of aryl methyl sites for hydroxylation is 1. The summed E-state index contributed by atoms with van der Waals surface area (Å²) in [5.74, 6) is -0.341. The van der Waals surface area contributed by atoms with Gasteiger partial charge in [0, 0.05) is 23.9 Å². The summed E-state index contributed by atoms with van der Waals surface area (Å²) in [6.07, 6.45) is 5.98. The van der Waals surface area contributed by atoms with Gasteiger partial charge in [-0.15, -0.1) is 0 Å². The molecule has 31 heavy (non-hydrogen) atoms. The fraction of sp³-hybridized carbons (Fsp3) is 0.286. The Balaban J connectivity index is 1.50. The van der Waals surface area contributed by atoms with E-state index in [1.54, 1.807) is 46.0 Å². The number of anilines is 1. The summed E-state index contributed by atoms with van der Waals surface area (Å²) in [6, 6.07) is 7.10. The summed E-state index contributed by atoms with van der Waals surface area (Å²) in [6.45, 7) is 6.52. The third-order valence-electron chi connectivity index (χ3n) is 4.31. The van der Waals surface area contributed by atoms with E-state index in [2.05, 4.69) is 39.7 Å². The number of rotatable bonds is 8. The Hall–Kier alpha value is -3.46. The molecule has 2 aromatic heterocycles. The largest absolute Gasteiger partial charge is 0.343 e. The number of hydrogen-bond acceptors (Lipinski definition) is 5. The molecule has 3 rings (SSSR count). The second kappa shape index (κ2) is 10.0. The smallest absolute Gasteiger partial charge is 0.244 e. The maximum atomic E-state index is 12.1. The van der Waals surface area contributed by atoms with Gasteiger partial charge in [0.2, 0.25) is 11.8 Å². The lowest BCUT2D eigenvalue weighted by Crippen LogP contribution is -2.31. The van der Waals surface area contributed by atoms with E-state index in [0.29, 0.717) is 28.9 Å². The van der Waals surface area contributed by atoms with Crippen LogP contribution in [0.1, 0.15) is 25.1 Å². The van der Waals surface area contributed by atoms with Gasteiger partial charge >= 0.3 is 0 Å². The van der Waals surface area contributed by atoms with Crippen LogP contribution in [-0.4, -0.2) is 42.9 Å². The van der Waals surface area contributed by atoms with E-state index in [-0.39, 0.29) is 12.5 Å². The first kappa shape index (κ1) is 22.2. The minimum absolute atomic E-state index is 0.159. The highest BCUT2D eigenvalue weighted by molar-refractivity contribution is 6.31. The average Bonchev–Trinajstić information content (AvgIpc) is 3.34. The molecule has 2 N–H and O–H groups in total. The Labute approximate surface area is 185 Å². The highest BCUT2D eigenvalue weighted by Crippen LogP contribution is 2.22. The highest BCUT2D eigenvalue weighted by atomic mass is 35.5. The van der Waals surface area contributed by atoms with Crippen molar-refractivity contribution in [3.63, 3.8) is 0 Å². The van der Waals surface area contributed by atoms with Gasteiger partial charge in [0.25, 0.3) is 0 Å². The summed E-state index contributed by atoms with van der Waals surface area (Å²) in [4.78, 5) is 28.1. The van der Waals surface area contributed by atoms with Gasteiger partial charge < -0.3 is 10.6 Å². The van der Waals surface area contributed by atoms with E-state index in [9.17, 15) is 9.59 Å². The van der Waals surface area contributed by atoms with E-state index >= 15 is 0 Å². The Morgan fingerprint density at radius 1 is 1.23 bits per heavy atom. The average molecular weight is 442 g/mol. The van der Waals surface area contributed by atoms with Gasteiger partial charge in [0.15, 0.2) is 0 Å². The van der Waals surface area contributed by atoms with Crippen LogP contribution in [-0.2, 0) is 16.1 Å². The Morgan fingerprint density at radius 2 is 1.97 bits per heavy atom. The van der Waals surface area contributed by atoms with E-state index < -0.39 is 5.91 Å². The van der Waals surface area contributed by atoms with Crippen LogP contribution in [0.25, 0.3) is 11.8 Å². The van der Waals surface area contributed by atoms with Crippen LogP contribution in [0.15, 0.2) is 43.0 Å². The maximum Gasteiger partial charge on any atom is 0.244 e. The van der Waals surface area contributed by atoms with Crippen LogP contribution in [0, 0.1) is 12.8 Å². The lowest BCUT2D eigenvalue weighted by Gasteiger charge is -2.07. The Morgan fingerprint density at radius 3 is 2.61 bits per heavy atom. The van der Waals surface area contributed by atoms with Crippen LogP contribution in [0.4, 0.5) is 5.69 Å². The fourth-order valence-electron chi connectivity index (χ4n) is 2.85. The summed E-state index contributed by atoms with van der Waals surface area (Å²) in [5, 5.41) is 14.2. The molecule has 0 saturated heterocycles. The number of halogens is 1. The first-order chi connectivity index (χ1) is 14.8. The zero-order chi connectivity index (χ0) is 22.4. The first-order valence-corrected chi connectivity index (χ1v) is 10.1. The molecule has 3 aromatic rings. The number of carbonyl (C=O) groups is 2. The van der Waals surface area contributed by atoms with E-state index in [4.69, 9.17) is 11.6 Å². The topological polar surface area (TPSA) is 107 Å². The highest BCUT2D eigenvalue weighted by Gasteiger charge is 2.12. The standard InChI is InChI=1S/C21H24ClN7O2/c1-14(2)11-28-21(22)18(15(3)27-28)8-9-19(30)24-10-20(31)26-16-4-6-17(7-5-16)29-13-23-12-25-29/h4-9,12-14H,10-11H2,1-3H3,(H,24,30)(H,26,31). The predicted octanol–water partition coefficient (Wildman–Crippen LogP) is 2.85. The first-order valence-electron chi connectivity index (χ1n) is 9.77. The minimum Gasteiger partial charge on any atom is -0.343 e. The molecule has 162 valence electrons. The number of aromatic nitrogens is 5. The van der Waals surface area contributed by atoms with Crippen molar-refractivity contribution in [3.05, 3.63) is 59.4 Å². The van der Waals surface area contributed by atoms with Gasteiger partial charge in [0.1, 0.15) is 17.8 Å². The molecule has 0 aliphatic heterocycles. The monoisotopic (exact) mass is 441 g/mol. The molecule has 10 heteroatoms. The van der Waals surface area contributed by atoms with Crippen molar-refractivity contribution in [1.29, 1.82) is 0 Å². The van der Waals surface area contributed by atoms with Crippen molar-refractivity contribution >= 4 is 35.2 Å². The van der Waals surface area contributed by atoms with Crippen LogP contribution in [0.5, 0.6) is 0 Å². The third-order valence-corrected chi connectivity index (χ3v) is 4.71. The molecule has 1 aromatic carbocycles. The van der Waals surface area contributed by atoms with Crippen LogP contribution in [0.3, 0.4) is 0 Å². The van der Waals surface area contributed by atoms with Crippen molar-refractivity contribution in [3.8, 4) is 5.69 Å². The number of carbonyl (C=O) groups excluding carboxylic acids is 2. The zero-order valence-electron chi connectivity index (χ0n) is 17.5. The van der Waals surface area contributed by atoms with Crippen molar-refractivity contribution in [1.82, 2.24) is 29.9 Å². The fourth-order valence-corrected chi connectivity index (χ4v) is 3.16. The number of benzene rings is 1. The molecule has 9 nitrogen and oxygen atoms in total. The van der Waals surface area contributed by atoms with Gasteiger partial charge in [0.05, 0.1) is 17.9 Å². The molecule has 0 bridgehead atoms. The van der Waals surface area contributed by atoms with Crippen molar-refractivity contribution < 1.29 is 9.59 Å². The number of hydrogen-bond donors (Lipinski definition) is 2. The predicted molar refractivity (Wildman–Crippen MR) is 119 cm³/mol. The molecule has 0 aliphatic carbocycles. The molecule has 0 saturated carbocycles. The van der Waals surface area contributed by atoms with Gasteiger partial charge in [-0.3, -0.25) is 14.3 Å². The quantitative estimate of drug-likeness (QED) is 0.523. The molecule has 0 spiro atoms. The second-order valence-corrected chi connectivity index (χ2v) is 7.71. The lowest BCUT2D eigenvalue weighted by atomic mass is 10.2. The van der Waals surface area contributed by atoms with Crippen molar-refractivity contribution in [2.45, 2.75) is 27.3 Å². The van der Waals surface area contributed by atoms with Crippen LogP contribution in [0.2, 0.25) is 5.15 Å². The summed E-state index contributed by atoms with van der Waals surface area (Å²) >= 11 is 6.36. The van der Waals surface area contributed by atoms with Crippen LogP contribution >= 0.6 is 11.6 Å². The Kier molecular flexibility index (Phi) is 7.19. The molecule has 2 amide bonds. The van der Waals surface area contributed by atoms with Crippen LogP contribution < -0.4 is 10.6 Å². The van der Waals surface area contributed by atoms with E-state index in [1.807, 2.05) is 6.92 Å². The number of amides is 2. The molecule has 0 aliphatic rings. The van der Waals surface area contributed by atoms with Gasteiger partial charge in [-0.25, -0.2) is 9.67 Å². The maximum absolute atomic E-state index is 12.1. The summed E-state index contributed by atoms with van der Waals surface area (Å²) < 4.78 is 3.33. The van der Waals surface area contributed by atoms with Crippen molar-refractivity contribution in [2.75, 3.05) is 11.9 Å². The van der Waals surface area contributed by atoms with E-state index in [1.165, 1.54) is 12.4 Å². The van der Waals surface area contributed by atoms with Gasteiger partial charge in [-0.2, -0.15) is 10.2 Å². The summed E-state index contributed by atoms with van der Waals surface area (Å²) in [7, 11) is 0. The summed E-state index contributed by atoms with van der Waals surface area (Å²) in [5.41, 5.74) is 2.86. The molecule has 0 fully saturated rings. The molecule has 2 heterocycles. The molecular formula is C21H24ClN7O2. The van der Waals surface area contributed by atoms with Gasteiger partial charge in [-0.1, -0.05) is 25.4 Å². The third kappa shape index (κ3) is 6.02. The van der Waals surface area contributed by atoms with E-state index in [0.717, 1.165) is 11.4 Å². The second-order valence-electron chi connectivity index (χ2n) is 7.35. The number of nitrogens with one attached hydrogen (secondary N) is 2. The lowest BCUT2D eigenvalue weighted by molar-refractivity contribution is -0.121. The zero-order valence-corrected chi connectivity index (χ0v) is 18.3. The normalized spacial score (nSPS) is 11.3. The molecule has 0 unspecified atom stereocenters. The Bertz CT molecular complexity index is 1070. The minimum atomic E-state index is -0.399. The molecular weight excluding hydrogens is 418 g/mol. The molecule has 0 radical (unpaired) electrons. The van der Waals surface area contributed by atoms with Gasteiger partial charge in [-0.05, 0) is 43.2 Å². The SMILES string of the molecule is Cc1nn(CC(C)C)c(Cl)c1C=CC(=O)NCC(=O)Nc1ccc(-n2cncn2)cc1. The number of nitrogens with zero attached hydrogens (tertiary/aromatic N) is 5.